The lowest BCUT2D eigenvalue weighted by Gasteiger charge is -2.29. The van der Waals surface area contributed by atoms with Gasteiger partial charge in [-0.05, 0) is 37.4 Å². The van der Waals surface area contributed by atoms with E-state index in [1.54, 1.807) is 14.1 Å². The van der Waals surface area contributed by atoms with E-state index in [9.17, 15) is 4.79 Å². The molecule has 1 amide bonds. The van der Waals surface area contributed by atoms with E-state index in [0.29, 0.717) is 12.0 Å². The zero-order valence-corrected chi connectivity index (χ0v) is 11.5. The number of nitrogens with one attached hydrogen (secondary N) is 1. The highest BCUT2D eigenvalue weighted by atomic mass is 16.6. The molecule has 0 radical (unpaired) electrons. The molecular formula is C15H20N2O2. The molecule has 4 heteroatoms. The van der Waals surface area contributed by atoms with Gasteiger partial charge in [-0.2, -0.15) is 0 Å². The molecule has 2 atom stereocenters. The molecule has 0 bridgehead atoms. The molecule has 1 heterocycles. The van der Waals surface area contributed by atoms with Gasteiger partial charge in [-0.3, -0.25) is 0 Å². The molecule has 1 N–H and O–H groups in total. The van der Waals surface area contributed by atoms with Crippen LogP contribution in [0.2, 0.25) is 0 Å². The molecule has 102 valence electrons. The number of fused-ring (bicyclic) bond motifs is 3. The lowest BCUT2D eigenvalue weighted by atomic mass is 9.79. The second-order valence-electron chi connectivity index (χ2n) is 5.59. The molecule has 0 saturated carbocycles. The van der Waals surface area contributed by atoms with Gasteiger partial charge in [-0.1, -0.05) is 12.1 Å². The first kappa shape index (κ1) is 12.5. The lowest BCUT2D eigenvalue weighted by molar-refractivity contribution is 0.171. The van der Waals surface area contributed by atoms with E-state index in [1.807, 2.05) is 12.1 Å². The number of hydrogen-bond acceptors (Lipinski definition) is 3. The molecule has 2 aliphatic rings. The highest BCUT2D eigenvalue weighted by Crippen LogP contribution is 2.42. The second kappa shape index (κ2) is 4.85. The standard InChI is InChI=1S/C15H20N2O2/c1-17(2)15(18)19-13-5-3-4-10-6-7-12-11(14(10)13)8-9-16-12/h3-5,11-12,16H,6-9H2,1-2H3/t11-,12-/m1/s1. The Morgan fingerprint density at radius 3 is 3.00 bits per heavy atom. The molecule has 0 aromatic heterocycles. The van der Waals surface area contributed by atoms with Crippen LogP contribution in [0, 0.1) is 0 Å². The maximum Gasteiger partial charge on any atom is 0.414 e. The number of carbonyl (C=O) groups excluding carboxylic acids is 1. The van der Waals surface area contributed by atoms with Gasteiger partial charge < -0.3 is 15.0 Å². The molecule has 1 aromatic rings. The predicted octanol–water partition coefficient (Wildman–Crippen LogP) is 2.14. The van der Waals surface area contributed by atoms with Crippen molar-refractivity contribution < 1.29 is 9.53 Å². The Balaban J connectivity index is 1.95. The molecular weight excluding hydrogens is 240 g/mol. The largest absolute Gasteiger partial charge is 0.414 e. The lowest BCUT2D eigenvalue weighted by Crippen LogP contribution is -2.31. The molecule has 1 aliphatic heterocycles. The van der Waals surface area contributed by atoms with E-state index < -0.39 is 0 Å². The third kappa shape index (κ3) is 2.21. The van der Waals surface area contributed by atoms with Crippen LogP contribution in [0.25, 0.3) is 0 Å². The number of aryl methyl sites for hydroxylation is 1. The maximum atomic E-state index is 11.8. The van der Waals surface area contributed by atoms with Gasteiger partial charge in [-0.15, -0.1) is 0 Å². The Labute approximate surface area is 113 Å². The smallest absolute Gasteiger partial charge is 0.410 e. The number of carbonyl (C=O) groups is 1. The van der Waals surface area contributed by atoms with Gasteiger partial charge >= 0.3 is 6.09 Å². The summed E-state index contributed by atoms with van der Waals surface area (Å²) in [6.45, 7) is 1.06. The van der Waals surface area contributed by atoms with Crippen molar-refractivity contribution in [2.24, 2.45) is 0 Å². The Kier molecular flexibility index (Phi) is 3.19. The molecule has 0 spiro atoms. The van der Waals surface area contributed by atoms with Crippen LogP contribution in [-0.2, 0) is 6.42 Å². The van der Waals surface area contributed by atoms with Crippen molar-refractivity contribution in [3.63, 3.8) is 0 Å². The van der Waals surface area contributed by atoms with E-state index in [2.05, 4.69) is 11.4 Å². The highest BCUT2D eigenvalue weighted by molar-refractivity contribution is 5.71. The van der Waals surface area contributed by atoms with Crippen molar-refractivity contribution in [3.05, 3.63) is 29.3 Å². The molecule has 1 aliphatic carbocycles. The number of hydrogen-bond donors (Lipinski definition) is 1. The van der Waals surface area contributed by atoms with E-state index in [4.69, 9.17) is 4.74 Å². The summed E-state index contributed by atoms with van der Waals surface area (Å²) in [5.41, 5.74) is 2.59. The SMILES string of the molecule is CN(C)C(=O)Oc1cccc2c1[C@@H]1CCN[C@@H]1CC2. The topological polar surface area (TPSA) is 41.6 Å². The van der Waals surface area contributed by atoms with Crippen molar-refractivity contribution in [1.82, 2.24) is 10.2 Å². The van der Waals surface area contributed by atoms with Gasteiger partial charge in [-0.25, -0.2) is 4.79 Å². The fraction of sp³-hybridized carbons (Fsp3) is 0.533. The van der Waals surface area contributed by atoms with E-state index >= 15 is 0 Å². The highest BCUT2D eigenvalue weighted by Gasteiger charge is 2.35. The zero-order chi connectivity index (χ0) is 13.4. The summed E-state index contributed by atoms with van der Waals surface area (Å²) in [5.74, 6) is 1.24. The first-order valence-electron chi connectivity index (χ1n) is 6.91. The number of ether oxygens (including phenoxy) is 1. The van der Waals surface area contributed by atoms with Gasteiger partial charge in [0.1, 0.15) is 5.75 Å². The minimum atomic E-state index is -0.304. The predicted molar refractivity (Wildman–Crippen MR) is 73.6 cm³/mol. The number of rotatable bonds is 1. The van der Waals surface area contributed by atoms with E-state index in [1.165, 1.54) is 22.4 Å². The molecule has 4 nitrogen and oxygen atoms in total. The summed E-state index contributed by atoms with van der Waals surface area (Å²) in [5, 5.41) is 3.55. The summed E-state index contributed by atoms with van der Waals surface area (Å²) < 4.78 is 5.54. The summed E-state index contributed by atoms with van der Waals surface area (Å²) in [7, 11) is 3.41. The van der Waals surface area contributed by atoms with Gasteiger partial charge in [0, 0.05) is 31.6 Å². The van der Waals surface area contributed by atoms with Crippen molar-refractivity contribution in [2.45, 2.75) is 31.2 Å². The maximum absolute atomic E-state index is 11.8. The quantitative estimate of drug-likeness (QED) is 0.841. The Hall–Kier alpha value is -1.55. The molecule has 3 rings (SSSR count). The third-order valence-electron chi connectivity index (χ3n) is 4.16. The van der Waals surface area contributed by atoms with Gasteiger partial charge in [0.05, 0.1) is 0 Å². The molecule has 0 unspecified atom stereocenters. The summed E-state index contributed by atoms with van der Waals surface area (Å²) in [4.78, 5) is 13.2. The first-order valence-corrected chi connectivity index (χ1v) is 6.91. The van der Waals surface area contributed by atoms with Crippen LogP contribution in [0.4, 0.5) is 4.79 Å². The van der Waals surface area contributed by atoms with Crippen LogP contribution >= 0.6 is 0 Å². The number of nitrogens with zero attached hydrogens (tertiary/aromatic N) is 1. The van der Waals surface area contributed by atoms with Crippen LogP contribution < -0.4 is 10.1 Å². The van der Waals surface area contributed by atoms with Crippen LogP contribution in [0.15, 0.2) is 18.2 Å². The van der Waals surface area contributed by atoms with E-state index in [-0.39, 0.29) is 6.09 Å². The fourth-order valence-corrected chi connectivity index (χ4v) is 3.23. The van der Waals surface area contributed by atoms with Crippen molar-refractivity contribution in [1.29, 1.82) is 0 Å². The average Bonchev–Trinajstić information content (AvgIpc) is 2.86. The summed E-state index contributed by atoms with van der Waals surface area (Å²) in [6.07, 6.45) is 3.08. The van der Waals surface area contributed by atoms with E-state index in [0.717, 1.165) is 25.1 Å². The third-order valence-corrected chi connectivity index (χ3v) is 4.16. The van der Waals surface area contributed by atoms with Gasteiger partial charge in [0.2, 0.25) is 0 Å². The van der Waals surface area contributed by atoms with Gasteiger partial charge in [0.25, 0.3) is 0 Å². The Bertz CT molecular complexity index is 499. The zero-order valence-electron chi connectivity index (χ0n) is 11.5. The monoisotopic (exact) mass is 260 g/mol. The van der Waals surface area contributed by atoms with Crippen molar-refractivity contribution >= 4 is 6.09 Å². The van der Waals surface area contributed by atoms with Crippen LogP contribution in [0.1, 0.15) is 29.9 Å². The number of amides is 1. The Morgan fingerprint density at radius 1 is 1.37 bits per heavy atom. The molecule has 1 fully saturated rings. The summed E-state index contributed by atoms with van der Waals surface area (Å²) >= 11 is 0. The van der Waals surface area contributed by atoms with Crippen molar-refractivity contribution in [2.75, 3.05) is 20.6 Å². The average molecular weight is 260 g/mol. The molecule has 1 aromatic carbocycles. The fourth-order valence-electron chi connectivity index (χ4n) is 3.23. The summed E-state index contributed by atoms with van der Waals surface area (Å²) in [6, 6.07) is 6.61. The van der Waals surface area contributed by atoms with Crippen LogP contribution in [0.5, 0.6) is 5.75 Å². The molecule has 19 heavy (non-hydrogen) atoms. The second-order valence-corrected chi connectivity index (χ2v) is 5.59. The van der Waals surface area contributed by atoms with Crippen LogP contribution in [-0.4, -0.2) is 37.7 Å². The van der Waals surface area contributed by atoms with Gasteiger partial charge in [0.15, 0.2) is 0 Å². The minimum absolute atomic E-state index is 0.304. The normalized spacial score (nSPS) is 24.5. The van der Waals surface area contributed by atoms with Crippen LogP contribution in [0.3, 0.4) is 0 Å². The first-order chi connectivity index (χ1) is 9.16. The molecule has 1 saturated heterocycles. The van der Waals surface area contributed by atoms with Crippen molar-refractivity contribution in [3.8, 4) is 5.75 Å². The minimum Gasteiger partial charge on any atom is -0.410 e. The number of benzene rings is 1. The Morgan fingerprint density at radius 2 is 2.21 bits per heavy atom.